The Kier molecular flexibility index (Phi) is 5.37. The van der Waals surface area contributed by atoms with Crippen molar-refractivity contribution in [2.45, 2.75) is 38.8 Å². The van der Waals surface area contributed by atoms with Crippen LogP contribution in [0.2, 0.25) is 0 Å². The van der Waals surface area contributed by atoms with Gasteiger partial charge in [0, 0.05) is 6.04 Å². The summed E-state index contributed by atoms with van der Waals surface area (Å²) in [6.45, 7) is 7.22. The molecule has 0 aromatic rings. The lowest BCUT2D eigenvalue weighted by molar-refractivity contribution is -0.139. The van der Waals surface area contributed by atoms with Crippen LogP contribution in [0.15, 0.2) is 12.7 Å². The highest BCUT2D eigenvalue weighted by Gasteiger charge is 2.12. The van der Waals surface area contributed by atoms with Crippen molar-refractivity contribution in [3.8, 4) is 0 Å². The van der Waals surface area contributed by atoms with Gasteiger partial charge < -0.3 is 10.4 Å². The van der Waals surface area contributed by atoms with Crippen LogP contribution in [0.4, 0.5) is 0 Å². The van der Waals surface area contributed by atoms with E-state index < -0.39 is 12.0 Å². The summed E-state index contributed by atoms with van der Waals surface area (Å²) in [4.78, 5) is 10.4. The van der Waals surface area contributed by atoms with Crippen LogP contribution in [0, 0.1) is 0 Å². The number of carboxylic acids is 1. The summed E-state index contributed by atoms with van der Waals surface area (Å²) in [5, 5.41) is 11.5. The Morgan fingerprint density at radius 1 is 1.67 bits per heavy atom. The number of hydrogen-bond acceptors (Lipinski definition) is 2. The number of hydrogen-bond donors (Lipinski definition) is 2. The van der Waals surface area contributed by atoms with Crippen LogP contribution in [0.25, 0.3) is 0 Å². The van der Waals surface area contributed by atoms with E-state index in [1.165, 1.54) is 0 Å². The molecule has 0 aromatic carbocycles. The molecule has 0 saturated heterocycles. The molecule has 0 saturated carbocycles. The molecule has 0 rings (SSSR count). The van der Waals surface area contributed by atoms with Crippen LogP contribution in [-0.2, 0) is 4.79 Å². The third kappa shape index (κ3) is 4.91. The summed E-state index contributed by atoms with van der Waals surface area (Å²) in [6, 6.07) is -0.237. The first kappa shape index (κ1) is 11.2. The largest absolute Gasteiger partial charge is 0.480 e. The lowest BCUT2D eigenvalue weighted by Crippen LogP contribution is -2.39. The molecule has 0 heterocycles. The maximum Gasteiger partial charge on any atom is 0.320 e. The van der Waals surface area contributed by atoms with Crippen LogP contribution in [0.5, 0.6) is 0 Å². The van der Waals surface area contributed by atoms with Crippen LogP contribution in [0.3, 0.4) is 0 Å². The molecule has 2 atom stereocenters. The quantitative estimate of drug-likeness (QED) is 0.594. The number of rotatable bonds is 6. The third-order valence-corrected chi connectivity index (χ3v) is 1.71. The Morgan fingerprint density at radius 2 is 2.25 bits per heavy atom. The van der Waals surface area contributed by atoms with Crippen molar-refractivity contribution in [2.24, 2.45) is 0 Å². The van der Waals surface area contributed by atoms with Gasteiger partial charge in [-0.25, -0.2) is 0 Å². The van der Waals surface area contributed by atoms with Crippen molar-refractivity contribution in [3.63, 3.8) is 0 Å². The van der Waals surface area contributed by atoms with Crippen molar-refractivity contribution in [1.82, 2.24) is 5.32 Å². The van der Waals surface area contributed by atoms with Gasteiger partial charge in [0.15, 0.2) is 0 Å². The number of allylic oxidation sites excluding steroid dienone is 1. The van der Waals surface area contributed by atoms with Crippen molar-refractivity contribution in [2.75, 3.05) is 0 Å². The van der Waals surface area contributed by atoms with Gasteiger partial charge in [0.1, 0.15) is 6.04 Å². The van der Waals surface area contributed by atoms with Crippen LogP contribution < -0.4 is 5.32 Å². The summed E-state index contributed by atoms with van der Waals surface area (Å²) in [5.74, 6) is -0.805. The first-order chi connectivity index (χ1) is 5.57. The van der Waals surface area contributed by atoms with Gasteiger partial charge in [0.25, 0.3) is 0 Å². The molecule has 0 aliphatic carbocycles. The Morgan fingerprint density at radius 3 is 2.67 bits per heavy atom. The van der Waals surface area contributed by atoms with E-state index in [2.05, 4.69) is 11.9 Å². The maximum atomic E-state index is 10.4. The predicted octanol–water partition coefficient (Wildman–Crippen LogP) is 1.40. The number of carboxylic acid groups (broad SMARTS) is 1. The van der Waals surface area contributed by atoms with E-state index in [1.54, 1.807) is 6.92 Å². The monoisotopic (exact) mass is 171 g/mol. The van der Waals surface area contributed by atoms with E-state index in [-0.39, 0.29) is 6.04 Å². The fraction of sp³-hybridized carbons (Fsp3) is 0.667. The van der Waals surface area contributed by atoms with Crippen molar-refractivity contribution in [1.29, 1.82) is 0 Å². The van der Waals surface area contributed by atoms with Gasteiger partial charge in [-0.1, -0.05) is 6.08 Å². The average Bonchev–Trinajstić information content (AvgIpc) is 2.00. The zero-order valence-electron chi connectivity index (χ0n) is 7.71. The zero-order chi connectivity index (χ0) is 9.56. The molecule has 2 N–H and O–H groups in total. The highest BCUT2D eigenvalue weighted by molar-refractivity contribution is 5.72. The molecule has 2 unspecified atom stereocenters. The molecule has 0 spiro atoms. The van der Waals surface area contributed by atoms with Gasteiger partial charge in [0.2, 0.25) is 0 Å². The molecule has 3 heteroatoms. The summed E-state index contributed by atoms with van der Waals surface area (Å²) in [5.41, 5.74) is 0. The van der Waals surface area contributed by atoms with Crippen LogP contribution in [-0.4, -0.2) is 23.2 Å². The van der Waals surface area contributed by atoms with E-state index >= 15 is 0 Å². The lowest BCUT2D eigenvalue weighted by Gasteiger charge is -2.15. The fourth-order valence-electron chi connectivity index (χ4n) is 0.949. The molecule has 0 aromatic heterocycles. The van der Waals surface area contributed by atoms with Crippen molar-refractivity contribution >= 4 is 5.97 Å². The number of aliphatic carboxylic acids is 1. The second-order valence-electron chi connectivity index (χ2n) is 2.99. The first-order valence-corrected chi connectivity index (χ1v) is 4.17. The SMILES string of the molecule is C=CCCC(C)NC(C)C(=O)O. The number of nitrogens with one attached hydrogen (secondary N) is 1. The summed E-state index contributed by atoms with van der Waals surface area (Å²) in [7, 11) is 0. The molecule has 70 valence electrons. The minimum atomic E-state index is -0.805. The van der Waals surface area contributed by atoms with Gasteiger partial charge in [-0.3, -0.25) is 4.79 Å². The molecule has 3 nitrogen and oxygen atoms in total. The molecule has 0 bridgehead atoms. The molecule has 0 aliphatic rings. The van der Waals surface area contributed by atoms with E-state index in [1.807, 2.05) is 13.0 Å². The fourth-order valence-corrected chi connectivity index (χ4v) is 0.949. The van der Waals surface area contributed by atoms with Crippen LogP contribution in [0.1, 0.15) is 26.7 Å². The predicted molar refractivity (Wildman–Crippen MR) is 49.1 cm³/mol. The Bertz CT molecular complexity index is 157. The minimum absolute atomic E-state index is 0.231. The highest BCUT2D eigenvalue weighted by atomic mass is 16.4. The maximum absolute atomic E-state index is 10.4. The Balaban J connectivity index is 3.60. The molecular weight excluding hydrogens is 154 g/mol. The minimum Gasteiger partial charge on any atom is -0.480 e. The van der Waals surface area contributed by atoms with Crippen molar-refractivity contribution < 1.29 is 9.90 Å². The summed E-state index contributed by atoms with van der Waals surface area (Å²) < 4.78 is 0. The van der Waals surface area contributed by atoms with Gasteiger partial charge in [-0.2, -0.15) is 0 Å². The van der Waals surface area contributed by atoms with E-state index in [0.29, 0.717) is 0 Å². The molecule has 0 amide bonds. The highest BCUT2D eigenvalue weighted by Crippen LogP contribution is 1.98. The molecule has 0 fully saturated rings. The molecule has 12 heavy (non-hydrogen) atoms. The first-order valence-electron chi connectivity index (χ1n) is 4.17. The van der Waals surface area contributed by atoms with Crippen molar-refractivity contribution in [3.05, 3.63) is 12.7 Å². The zero-order valence-corrected chi connectivity index (χ0v) is 7.71. The molecule has 0 radical (unpaired) electrons. The number of carbonyl (C=O) groups is 1. The van der Waals surface area contributed by atoms with E-state index in [4.69, 9.17) is 5.11 Å². The Labute approximate surface area is 73.5 Å². The average molecular weight is 171 g/mol. The summed E-state index contributed by atoms with van der Waals surface area (Å²) in [6.07, 6.45) is 3.69. The molecule has 0 aliphatic heterocycles. The van der Waals surface area contributed by atoms with E-state index in [9.17, 15) is 4.79 Å². The second kappa shape index (κ2) is 5.77. The van der Waals surface area contributed by atoms with Crippen LogP contribution >= 0.6 is 0 Å². The van der Waals surface area contributed by atoms with Gasteiger partial charge in [-0.15, -0.1) is 6.58 Å². The molecular formula is C9H17NO2. The third-order valence-electron chi connectivity index (χ3n) is 1.71. The smallest absolute Gasteiger partial charge is 0.320 e. The second-order valence-corrected chi connectivity index (χ2v) is 2.99. The standard InChI is InChI=1S/C9H17NO2/c1-4-5-6-7(2)10-8(3)9(11)12/h4,7-8,10H,1,5-6H2,2-3H3,(H,11,12). The topological polar surface area (TPSA) is 49.3 Å². The lowest BCUT2D eigenvalue weighted by atomic mass is 10.1. The van der Waals surface area contributed by atoms with Gasteiger partial charge in [0.05, 0.1) is 0 Å². The normalized spacial score (nSPS) is 15.2. The van der Waals surface area contributed by atoms with Gasteiger partial charge >= 0.3 is 5.97 Å². The summed E-state index contributed by atoms with van der Waals surface area (Å²) >= 11 is 0. The Hall–Kier alpha value is -0.830. The van der Waals surface area contributed by atoms with Gasteiger partial charge in [-0.05, 0) is 26.7 Å². The van der Waals surface area contributed by atoms with E-state index in [0.717, 1.165) is 12.8 Å².